The van der Waals surface area contributed by atoms with Gasteiger partial charge in [-0.25, -0.2) is 0 Å². The largest absolute Gasteiger partial charge is 0.493 e. The van der Waals surface area contributed by atoms with Crippen LogP contribution in [0.5, 0.6) is 17.2 Å². The van der Waals surface area contributed by atoms with Crippen molar-refractivity contribution in [3.05, 3.63) is 62.5 Å². The van der Waals surface area contributed by atoms with E-state index in [1.807, 2.05) is 0 Å². The van der Waals surface area contributed by atoms with E-state index in [2.05, 4.69) is 0 Å². The van der Waals surface area contributed by atoms with Gasteiger partial charge in [0.2, 0.25) is 5.75 Å². The van der Waals surface area contributed by atoms with E-state index in [9.17, 15) is 32.9 Å². The Bertz CT molecular complexity index is 1240. The SMILES string of the molecule is COc1cc(/C=C2/SC(=O)N(C3CCCCC3)C2=O)ccc1Oc1ccc(C(F)(F)F)cc1[N+](=O)[O-]. The lowest BCUT2D eigenvalue weighted by Crippen LogP contribution is -2.39. The summed E-state index contributed by atoms with van der Waals surface area (Å²) in [5.41, 5.74) is -1.52. The van der Waals surface area contributed by atoms with Gasteiger partial charge in [-0.15, -0.1) is 0 Å². The lowest BCUT2D eigenvalue weighted by Gasteiger charge is -2.28. The number of halogens is 3. The highest BCUT2D eigenvalue weighted by Crippen LogP contribution is 2.41. The molecule has 1 aliphatic heterocycles. The molecule has 12 heteroatoms. The highest BCUT2D eigenvalue weighted by molar-refractivity contribution is 8.18. The maximum atomic E-state index is 13.0. The summed E-state index contributed by atoms with van der Waals surface area (Å²) in [6, 6.07) is 6.32. The minimum atomic E-state index is -4.75. The van der Waals surface area contributed by atoms with E-state index in [-0.39, 0.29) is 33.6 Å². The Labute approximate surface area is 208 Å². The molecule has 2 fully saturated rings. The number of amides is 2. The molecule has 1 aliphatic carbocycles. The molecule has 0 atom stereocenters. The van der Waals surface area contributed by atoms with Crippen molar-refractivity contribution in [2.75, 3.05) is 7.11 Å². The number of hydrogen-bond acceptors (Lipinski definition) is 7. The number of nitro benzene ring substituents is 1. The molecular formula is C24H21F3N2O6S. The number of hydrogen-bond donors (Lipinski definition) is 0. The number of thioether (sulfide) groups is 1. The molecule has 190 valence electrons. The topological polar surface area (TPSA) is 99.0 Å². The Kier molecular flexibility index (Phi) is 7.25. The lowest BCUT2D eigenvalue weighted by molar-refractivity contribution is -0.385. The van der Waals surface area contributed by atoms with Crippen molar-refractivity contribution >= 4 is 34.7 Å². The van der Waals surface area contributed by atoms with Crippen LogP contribution >= 0.6 is 11.8 Å². The zero-order chi connectivity index (χ0) is 26.0. The number of benzene rings is 2. The quantitative estimate of drug-likeness (QED) is 0.234. The van der Waals surface area contributed by atoms with Crippen LogP contribution in [0, 0.1) is 10.1 Å². The molecule has 36 heavy (non-hydrogen) atoms. The summed E-state index contributed by atoms with van der Waals surface area (Å²) in [5, 5.41) is 11.0. The third kappa shape index (κ3) is 5.32. The van der Waals surface area contributed by atoms with Gasteiger partial charge in [0.25, 0.3) is 11.1 Å². The van der Waals surface area contributed by atoms with Crippen molar-refractivity contribution in [3.63, 3.8) is 0 Å². The van der Waals surface area contributed by atoms with Gasteiger partial charge in [0, 0.05) is 12.1 Å². The summed E-state index contributed by atoms with van der Waals surface area (Å²) in [4.78, 5) is 37.4. The van der Waals surface area contributed by atoms with Crippen LogP contribution < -0.4 is 9.47 Å². The first kappa shape index (κ1) is 25.5. The third-order valence-electron chi connectivity index (χ3n) is 5.95. The second kappa shape index (κ2) is 10.2. The van der Waals surface area contributed by atoms with Gasteiger partial charge in [-0.2, -0.15) is 13.2 Å². The van der Waals surface area contributed by atoms with Crippen LogP contribution in [-0.2, 0) is 11.0 Å². The molecule has 0 N–H and O–H groups in total. The van der Waals surface area contributed by atoms with Gasteiger partial charge >= 0.3 is 11.9 Å². The predicted octanol–water partition coefficient (Wildman–Crippen LogP) is 6.78. The second-order valence-corrected chi connectivity index (χ2v) is 9.29. The Morgan fingerprint density at radius 2 is 1.75 bits per heavy atom. The monoisotopic (exact) mass is 522 g/mol. The number of imide groups is 1. The number of carbonyl (C=O) groups excluding carboxylic acids is 2. The van der Waals surface area contributed by atoms with Crippen LogP contribution in [0.25, 0.3) is 6.08 Å². The normalized spacial score (nSPS) is 18.1. The molecule has 0 radical (unpaired) electrons. The van der Waals surface area contributed by atoms with Crippen molar-refractivity contribution in [1.29, 1.82) is 0 Å². The van der Waals surface area contributed by atoms with E-state index in [1.165, 1.54) is 24.1 Å². The summed E-state index contributed by atoms with van der Waals surface area (Å²) in [6.07, 6.45) is 1.41. The van der Waals surface area contributed by atoms with Gasteiger partial charge in [-0.1, -0.05) is 25.3 Å². The average Bonchev–Trinajstić information content (AvgIpc) is 3.12. The van der Waals surface area contributed by atoms with Crippen molar-refractivity contribution in [1.82, 2.24) is 4.90 Å². The van der Waals surface area contributed by atoms with E-state index < -0.39 is 28.1 Å². The molecule has 0 spiro atoms. The van der Waals surface area contributed by atoms with Gasteiger partial charge < -0.3 is 9.47 Å². The van der Waals surface area contributed by atoms with Crippen LogP contribution in [0.1, 0.15) is 43.2 Å². The Morgan fingerprint density at radius 3 is 2.39 bits per heavy atom. The molecule has 2 aromatic carbocycles. The van der Waals surface area contributed by atoms with Crippen LogP contribution in [0.3, 0.4) is 0 Å². The van der Waals surface area contributed by atoms with Gasteiger partial charge in [0.15, 0.2) is 11.5 Å². The third-order valence-corrected chi connectivity index (χ3v) is 6.84. The molecule has 0 aromatic heterocycles. The minimum absolute atomic E-state index is 0.0211. The maximum Gasteiger partial charge on any atom is 0.416 e. The highest BCUT2D eigenvalue weighted by Gasteiger charge is 2.40. The van der Waals surface area contributed by atoms with Gasteiger partial charge in [-0.05, 0) is 60.5 Å². The lowest BCUT2D eigenvalue weighted by atomic mass is 9.94. The molecule has 2 aliphatic rings. The Balaban J connectivity index is 1.58. The molecular weight excluding hydrogens is 501 g/mol. The van der Waals surface area contributed by atoms with Crippen LogP contribution in [0.4, 0.5) is 23.7 Å². The fourth-order valence-electron chi connectivity index (χ4n) is 4.18. The van der Waals surface area contributed by atoms with E-state index >= 15 is 0 Å². The van der Waals surface area contributed by atoms with Crippen LogP contribution in [-0.4, -0.2) is 34.1 Å². The first-order chi connectivity index (χ1) is 17.1. The molecule has 2 aromatic rings. The smallest absolute Gasteiger partial charge is 0.416 e. The van der Waals surface area contributed by atoms with E-state index in [1.54, 1.807) is 12.1 Å². The summed E-state index contributed by atoms with van der Waals surface area (Å²) in [7, 11) is 1.32. The molecule has 8 nitrogen and oxygen atoms in total. The first-order valence-electron chi connectivity index (χ1n) is 11.1. The van der Waals surface area contributed by atoms with E-state index in [0.717, 1.165) is 49.9 Å². The zero-order valence-corrected chi connectivity index (χ0v) is 19.9. The molecule has 2 amide bonds. The number of alkyl halides is 3. The second-order valence-electron chi connectivity index (χ2n) is 8.29. The van der Waals surface area contributed by atoms with E-state index in [4.69, 9.17) is 9.47 Å². The summed E-state index contributed by atoms with van der Waals surface area (Å²) in [6.45, 7) is 0. The minimum Gasteiger partial charge on any atom is -0.493 e. The number of nitrogens with zero attached hydrogens (tertiary/aromatic N) is 2. The molecule has 1 heterocycles. The predicted molar refractivity (Wildman–Crippen MR) is 126 cm³/mol. The molecule has 4 rings (SSSR count). The van der Waals surface area contributed by atoms with Crippen molar-refractivity contribution in [2.45, 2.75) is 44.3 Å². The summed E-state index contributed by atoms with van der Waals surface area (Å²) >= 11 is 0.859. The number of methoxy groups -OCH3 is 1. The van der Waals surface area contributed by atoms with Crippen LogP contribution in [0.15, 0.2) is 41.3 Å². The highest BCUT2D eigenvalue weighted by atomic mass is 32.2. The van der Waals surface area contributed by atoms with Gasteiger partial charge in [0.1, 0.15) is 0 Å². The summed E-state index contributed by atoms with van der Waals surface area (Å²) < 4.78 is 49.7. The molecule has 1 saturated heterocycles. The number of rotatable bonds is 6. The number of carbonyl (C=O) groups is 2. The molecule has 0 unspecified atom stereocenters. The summed E-state index contributed by atoms with van der Waals surface area (Å²) in [5.74, 6) is -0.596. The standard InChI is InChI=1S/C24H21F3N2O6S/c1-34-20-11-14(12-21-22(30)28(23(31)36-21)16-5-3-2-4-6-16)7-9-19(20)35-18-10-8-15(24(25,26)27)13-17(18)29(32)33/h7-13,16H,2-6H2,1H3/b21-12+. The van der Waals surface area contributed by atoms with Crippen molar-refractivity contribution < 1.29 is 37.2 Å². The molecule has 0 bridgehead atoms. The van der Waals surface area contributed by atoms with Gasteiger partial charge in [0.05, 0.1) is 22.5 Å². The fraction of sp³-hybridized carbons (Fsp3) is 0.333. The van der Waals surface area contributed by atoms with E-state index in [0.29, 0.717) is 17.7 Å². The van der Waals surface area contributed by atoms with Gasteiger partial charge in [-0.3, -0.25) is 24.6 Å². The maximum absolute atomic E-state index is 13.0. The first-order valence-corrected chi connectivity index (χ1v) is 11.9. The van der Waals surface area contributed by atoms with Crippen molar-refractivity contribution in [2.24, 2.45) is 0 Å². The van der Waals surface area contributed by atoms with Crippen molar-refractivity contribution in [3.8, 4) is 17.2 Å². The fourth-order valence-corrected chi connectivity index (χ4v) is 5.08. The zero-order valence-electron chi connectivity index (χ0n) is 19.0. The Hall–Kier alpha value is -3.54. The van der Waals surface area contributed by atoms with Crippen LogP contribution in [0.2, 0.25) is 0 Å². The number of nitro groups is 1. The average molecular weight is 523 g/mol. The molecule has 1 saturated carbocycles. The number of ether oxygens (including phenoxy) is 2. The Morgan fingerprint density at radius 1 is 1.06 bits per heavy atom.